The number of carbonyl (C=O) groups is 1. The zero-order chi connectivity index (χ0) is 9.42. The van der Waals surface area contributed by atoms with E-state index in [1.54, 1.807) is 0 Å². The molecule has 65 valence electrons. The van der Waals surface area contributed by atoms with E-state index in [1.807, 2.05) is 0 Å². The quantitative estimate of drug-likeness (QED) is 0.721. The molecule has 13 heavy (non-hydrogen) atoms. The third-order valence-corrected chi connectivity index (χ3v) is 1.61. The monoisotopic (exact) mass is 180 g/mol. The summed E-state index contributed by atoms with van der Waals surface area (Å²) >= 11 is 0. The summed E-state index contributed by atoms with van der Waals surface area (Å²) in [7, 11) is 0. The maximum atomic E-state index is 13.0. The van der Waals surface area contributed by atoms with Gasteiger partial charge in [-0.3, -0.25) is 0 Å². The largest absolute Gasteiger partial charge is 0.477 e. The maximum Gasteiger partial charge on any atom is 0.342 e. The number of oxazole rings is 1. The molecular weight excluding hydrogens is 177 g/mol. The highest BCUT2D eigenvalue weighted by Gasteiger charge is 2.17. The average molecular weight is 180 g/mol. The summed E-state index contributed by atoms with van der Waals surface area (Å²) < 4.78 is 17.6. The Bertz CT molecular complexity index is 477. The first kappa shape index (κ1) is 7.72. The topological polar surface area (TPSA) is 63.3 Å². The molecule has 4 nitrogen and oxygen atoms in total. The van der Waals surface area contributed by atoms with Crippen molar-refractivity contribution in [1.82, 2.24) is 4.98 Å². The normalized spacial score (nSPS) is 10.5. The third kappa shape index (κ3) is 1.05. The first-order valence-electron chi connectivity index (χ1n) is 3.38. The van der Waals surface area contributed by atoms with E-state index in [9.17, 15) is 9.18 Å². The number of aromatic nitrogens is 1. The Labute approximate surface area is 71.6 Å². The van der Waals surface area contributed by atoms with E-state index in [-0.39, 0.29) is 11.1 Å². The van der Waals surface area contributed by atoms with Gasteiger partial charge in [-0.25, -0.2) is 14.2 Å². The molecule has 0 aliphatic heterocycles. The number of hydrogen-bond donors (Lipinski definition) is 1. The highest BCUT2D eigenvalue weighted by atomic mass is 19.1. The molecule has 0 atom stereocenters. The van der Waals surface area contributed by atoms with Crippen LogP contribution in [0.25, 0.3) is 11.1 Å². The fourth-order valence-electron chi connectivity index (χ4n) is 1.06. The lowest BCUT2D eigenvalue weighted by Crippen LogP contribution is -2.00. The predicted molar refractivity (Wildman–Crippen MR) is 39.8 cm³/mol. The summed E-state index contributed by atoms with van der Waals surface area (Å²) in [6, 6.07) is 2.36. The van der Waals surface area contributed by atoms with Gasteiger partial charge in [0.2, 0.25) is 0 Å². The standard InChI is InChI=1S/C8H3FNO3/c9-4-1-2-5-7(13-3-10-5)6(4)8(11)12/h1-2H,(H,11,12). The van der Waals surface area contributed by atoms with Gasteiger partial charge >= 0.3 is 5.97 Å². The molecule has 0 spiro atoms. The fraction of sp³-hybridized carbons (Fsp3) is 0. The number of halogens is 1. The molecule has 0 bridgehead atoms. The Morgan fingerprint density at radius 1 is 1.62 bits per heavy atom. The lowest BCUT2D eigenvalue weighted by atomic mass is 10.2. The van der Waals surface area contributed by atoms with Gasteiger partial charge in [-0.2, -0.15) is 0 Å². The van der Waals surface area contributed by atoms with Gasteiger partial charge in [0.05, 0.1) is 0 Å². The van der Waals surface area contributed by atoms with Crippen molar-refractivity contribution in [2.24, 2.45) is 0 Å². The van der Waals surface area contributed by atoms with Crippen LogP contribution in [0.3, 0.4) is 0 Å². The van der Waals surface area contributed by atoms with Crippen molar-refractivity contribution in [3.63, 3.8) is 0 Å². The van der Waals surface area contributed by atoms with E-state index in [1.165, 1.54) is 6.07 Å². The Hall–Kier alpha value is -1.91. The molecule has 1 aromatic carbocycles. The summed E-state index contributed by atoms with van der Waals surface area (Å²) in [4.78, 5) is 14.2. The summed E-state index contributed by atoms with van der Waals surface area (Å²) in [6.07, 6.45) is 2.11. The van der Waals surface area contributed by atoms with E-state index in [0.717, 1.165) is 6.07 Å². The predicted octanol–water partition coefficient (Wildman–Crippen LogP) is 1.47. The van der Waals surface area contributed by atoms with Crippen molar-refractivity contribution >= 4 is 17.1 Å². The third-order valence-electron chi connectivity index (χ3n) is 1.61. The van der Waals surface area contributed by atoms with Gasteiger partial charge in [0.15, 0.2) is 5.58 Å². The fourth-order valence-corrected chi connectivity index (χ4v) is 1.06. The maximum absolute atomic E-state index is 13.0. The van der Waals surface area contributed by atoms with Crippen molar-refractivity contribution in [2.75, 3.05) is 0 Å². The minimum atomic E-state index is -1.38. The zero-order valence-corrected chi connectivity index (χ0v) is 6.24. The number of aromatic carboxylic acids is 1. The number of fused-ring (bicyclic) bond motifs is 1. The average Bonchev–Trinajstić information content (AvgIpc) is 2.50. The Kier molecular flexibility index (Phi) is 1.51. The minimum Gasteiger partial charge on any atom is -0.477 e. The number of carboxylic acids is 1. The van der Waals surface area contributed by atoms with Gasteiger partial charge < -0.3 is 9.52 Å². The van der Waals surface area contributed by atoms with Crippen LogP contribution in [0.5, 0.6) is 0 Å². The van der Waals surface area contributed by atoms with E-state index in [0.29, 0.717) is 0 Å². The van der Waals surface area contributed by atoms with E-state index < -0.39 is 17.3 Å². The molecule has 0 fully saturated rings. The van der Waals surface area contributed by atoms with Crippen molar-refractivity contribution in [2.45, 2.75) is 0 Å². The molecule has 5 heteroatoms. The number of nitrogens with zero attached hydrogens (tertiary/aromatic N) is 1. The smallest absolute Gasteiger partial charge is 0.342 e. The number of benzene rings is 1. The summed E-state index contributed by atoms with van der Waals surface area (Å²) in [5.74, 6) is -2.22. The molecule has 0 amide bonds. The summed E-state index contributed by atoms with van der Waals surface area (Å²) in [5, 5.41) is 8.64. The molecule has 0 saturated heterocycles. The lowest BCUT2D eigenvalue weighted by molar-refractivity contribution is 0.0693. The molecule has 0 aliphatic rings. The number of rotatable bonds is 1. The minimum absolute atomic E-state index is 0.0903. The van der Waals surface area contributed by atoms with Gasteiger partial charge in [0.25, 0.3) is 6.39 Å². The van der Waals surface area contributed by atoms with Gasteiger partial charge in [0, 0.05) is 0 Å². The van der Waals surface area contributed by atoms with Crippen LogP contribution in [0.15, 0.2) is 16.5 Å². The van der Waals surface area contributed by atoms with Crippen molar-refractivity contribution in [3.8, 4) is 0 Å². The number of carboxylic acid groups (broad SMARTS) is 1. The Morgan fingerprint density at radius 3 is 3.08 bits per heavy atom. The molecular formula is C8H3FNO3. The van der Waals surface area contributed by atoms with Crippen molar-refractivity contribution < 1.29 is 18.7 Å². The summed E-state index contributed by atoms with van der Waals surface area (Å²) in [6.45, 7) is 0. The van der Waals surface area contributed by atoms with Crippen LogP contribution in [0.2, 0.25) is 0 Å². The van der Waals surface area contributed by atoms with Gasteiger partial charge in [0.1, 0.15) is 16.9 Å². The van der Waals surface area contributed by atoms with Crippen molar-refractivity contribution in [3.05, 3.63) is 29.9 Å². The van der Waals surface area contributed by atoms with E-state index in [4.69, 9.17) is 5.11 Å². The summed E-state index contributed by atoms with van der Waals surface area (Å²) in [5.41, 5.74) is -0.322. The van der Waals surface area contributed by atoms with Crippen molar-refractivity contribution in [1.29, 1.82) is 0 Å². The van der Waals surface area contributed by atoms with Gasteiger partial charge in [-0.1, -0.05) is 0 Å². The SMILES string of the molecule is O=C(O)c1c(F)ccc2n[c]oc12. The molecule has 0 saturated carbocycles. The highest BCUT2D eigenvalue weighted by molar-refractivity contribution is 6.00. The Morgan fingerprint density at radius 2 is 2.38 bits per heavy atom. The van der Waals surface area contributed by atoms with Gasteiger partial charge in [-0.15, -0.1) is 0 Å². The number of hydrogen-bond acceptors (Lipinski definition) is 3. The second-order valence-corrected chi connectivity index (χ2v) is 2.38. The van der Waals surface area contributed by atoms with Crippen LogP contribution in [0, 0.1) is 12.2 Å². The second kappa shape index (κ2) is 2.55. The molecule has 0 aliphatic carbocycles. The molecule has 1 aromatic heterocycles. The van der Waals surface area contributed by atoms with Crippen LogP contribution in [0.1, 0.15) is 10.4 Å². The zero-order valence-electron chi connectivity index (χ0n) is 6.24. The first-order chi connectivity index (χ1) is 6.20. The van der Waals surface area contributed by atoms with E-state index >= 15 is 0 Å². The van der Waals surface area contributed by atoms with E-state index in [2.05, 4.69) is 15.8 Å². The first-order valence-corrected chi connectivity index (χ1v) is 3.38. The molecule has 2 aromatic rings. The highest BCUT2D eigenvalue weighted by Crippen LogP contribution is 2.20. The molecule has 0 unspecified atom stereocenters. The molecule has 1 radical (unpaired) electrons. The van der Waals surface area contributed by atoms with Crippen LogP contribution in [-0.4, -0.2) is 16.1 Å². The molecule has 2 rings (SSSR count). The second-order valence-electron chi connectivity index (χ2n) is 2.38. The van der Waals surface area contributed by atoms with Crippen LogP contribution in [-0.2, 0) is 0 Å². The molecule has 1 N–H and O–H groups in total. The van der Waals surface area contributed by atoms with Crippen LogP contribution in [0.4, 0.5) is 4.39 Å². The molecule has 1 heterocycles. The van der Waals surface area contributed by atoms with Crippen LogP contribution >= 0.6 is 0 Å². The lowest BCUT2D eigenvalue weighted by Gasteiger charge is -1.95. The van der Waals surface area contributed by atoms with Gasteiger partial charge in [-0.05, 0) is 12.1 Å². The Balaban J connectivity index is 2.88. The van der Waals surface area contributed by atoms with Crippen LogP contribution < -0.4 is 0 Å².